The molecule has 1 N–H and O–H groups in total. The van der Waals surface area contributed by atoms with E-state index in [4.69, 9.17) is 0 Å². The summed E-state index contributed by atoms with van der Waals surface area (Å²) in [5, 5.41) is 3.03. The van der Waals surface area contributed by atoms with Crippen LogP contribution in [0.1, 0.15) is 24.1 Å². The lowest BCUT2D eigenvalue weighted by Gasteiger charge is -2.14. The number of benzene rings is 1. The summed E-state index contributed by atoms with van der Waals surface area (Å²) in [6, 6.07) is 4.60. The normalized spacial score (nSPS) is 12.4. The van der Waals surface area contributed by atoms with Crippen LogP contribution in [-0.4, -0.2) is 4.98 Å². The molecule has 0 aliphatic heterocycles. The van der Waals surface area contributed by atoms with Crippen LogP contribution >= 0.6 is 0 Å². The lowest BCUT2D eigenvalue weighted by Crippen LogP contribution is -2.19. The van der Waals surface area contributed by atoms with Crippen LogP contribution in [0.15, 0.2) is 36.7 Å². The molecule has 0 saturated heterocycles. The van der Waals surface area contributed by atoms with Crippen molar-refractivity contribution >= 4 is 0 Å². The molecule has 0 fully saturated rings. The summed E-state index contributed by atoms with van der Waals surface area (Å²) in [6.07, 6.45) is 2.66. The molecule has 100 valence electrons. The second-order valence-corrected chi connectivity index (χ2v) is 4.27. The summed E-state index contributed by atoms with van der Waals surface area (Å²) in [5.41, 5.74) is 1.03. The van der Waals surface area contributed by atoms with Crippen molar-refractivity contribution in [1.82, 2.24) is 10.3 Å². The fraction of sp³-hybridized carbons (Fsp3) is 0.214. The van der Waals surface area contributed by atoms with Crippen LogP contribution in [0, 0.1) is 17.5 Å². The van der Waals surface area contributed by atoms with Crippen LogP contribution in [0.4, 0.5) is 13.2 Å². The molecule has 1 unspecified atom stereocenters. The van der Waals surface area contributed by atoms with Gasteiger partial charge in [0.25, 0.3) is 0 Å². The maximum absolute atomic E-state index is 13.4. The van der Waals surface area contributed by atoms with Crippen molar-refractivity contribution in [1.29, 1.82) is 0 Å². The van der Waals surface area contributed by atoms with Crippen LogP contribution in [0.2, 0.25) is 0 Å². The third kappa shape index (κ3) is 3.54. The van der Waals surface area contributed by atoms with Crippen LogP contribution in [0.5, 0.6) is 0 Å². The highest BCUT2D eigenvalue weighted by atomic mass is 19.1. The first-order chi connectivity index (χ1) is 9.06. The number of nitrogens with one attached hydrogen (secondary N) is 1. The number of pyridine rings is 1. The fourth-order valence-corrected chi connectivity index (χ4v) is 1.71. The Kier molecular flexibility index (Phi) is 4.16. The Balaban J connectivity index is 2.02. The van der Waals surface area contributed by atoms with Gasteiger partial charge in [-0.1, -0.05) is 6.07 Å². The van der Waals surface area contributed by atoms with E-state index in [1.54, 1.807) is 6.20 Å². The minimum absolute atomic E-state index is 0.187. The monoisotopic (exact) mass is 266 g/mol. The standard InChI is InChI=1S/C14H13F3N2/c1-9(11-4-13(16)8-18-6-11)19-7-10-2-3-12(15)5-14(10)17/h2-6,8-9,19H,7H2,1H3. The second kappa shape index (κ2) is 5.84. The molecule has 0 spiro atoms. The van der Waals surface area contributed by atoms with E-state index in [1.807, 2.05) is 6.92 Å². The van der Waals surface area contributed by atoms with Gasteiger partial charge in [0.15, 0.2) is 0 Å². The topological polar surface area (TPSA) is 24.9 Å². The van der Waals surface area contributed by atoms with Gasteiger partial charge in [0.2, 0.25) is 0 Å². The van der Waals surface area contributed by atoms with Gasteiger partial charge in [-0.3, -0.25) is 4.98 Å². The maximum atomic E-state index is 13.4. The summed E-state index contributed by atoms with van der Waals surface area (Å²) in [5.74, 6) is -1.63. The van der Waals surface area contributed by atoms with Gasteiger partial charge < -0.3 is 5.32 Å². The molecule has 2 aromatic rings. The van der Waals surface area contributed by atoms with Crippen LogP contribution in [0.25, 0.3) is 0 Å². The molecular weight excluding hydrogens is 253 g/mol. The Hall–Kier alpha value is -1.88. The van der Waals surface area contributed by atoms with Crippen molar-refractivity contribution in [3.8, 4) is 0 Å². The van der Waals surface area contributed by atoms with E-state index in [9.17, 15) is 13.2 Å². The Morgan fingerprint density at radius 3 is 2.58 bits per heavy atom. The minimum Gasteiger partial charge on any atom is -0.306 e. The molecule has 1 aromatic carbocycles. The quantitative estimate of drug-likeness (QED) is 0.918. The van der Waals surface area contributed by atoms with E-state index >= 15 is 0 Å². The van der Waals surface area contributed by atoms with E-state index in [0.29, 0.717) is 11.1 Å². The Labute approximate surface area is 109 Å². The SMILES string of the molecule is CC(NCc1ccc(F)cc1F)c1cncc(F)c1. The zero-order valence-corrected chi connectivity index (χ0v) is 10.3. The van der Waals surface area contributed by atoms with Gasteiger partial charge in [0.05, 0.1) is 6.20 Å². The highest BCUT2D eigenvalue weighted by Crippen LogP contribution is 2.14. The number of nitrogens with zero attached hydrogens (tertiary/aromatic N) is 1. The van der Waals surface area contributed by atoms with Crippen LogP contribution in [-0.2, 0) is 6.54 Å². The summed E-state index contributed by atoms with van der Waals surface area (Å²) in [4.78, 5) is 3.75. The Morgan fingerprint density at radius 2 is 1.89 bits per heavy atom. The zero-order valence-electron chi connectivity index (χ0n) is 10.3. The average Bonchev–Trinajstić information content (AvgIpc) is 2.37. The highest BCUT2D eigenvalue weighted by molar-refractivity contribution is 5.19. The Morgan fingerprint density at radius 1 is 1.11 bits per heavy atom. The number of hydrogen-bond donors (Lipinski definition) is 1. The number of hydrogen-bond acceptors (Lipinski definition) is 2. The smallest absolute Gasteiger partial charge is 0.141 e. The molecule has 0 aliphatic carbocycles. The van der Waals surface area contributed by atoms with Gasteiger partial charge in [-0.2, -0.15) is 0 Å². The van der Waals surface area contributed by atoms with Crippen molar-refractivity contribution in [3.05, 3.63) is 65.2 Å². The van der Waals surface area contributed by atoms with Gasteiger partial charge >= 0.3 is 0 Å². The van der Waals surface area contributed by atoms with Crippen molar-refractivity contribution in [2.75, 3.05) is 0 Å². The van der Waals surface area contributed by atoms with Crippen LogP contribution < -0.4 is 5.32 Å². The van der Waals surface area contributed by atoms with E-state index in [1.165, 1.54) is 18.2 Å². The number of aromatic nitrogens is 1. The molecule has 0 bridgehead atoms. The van der Waals surface area contributed by atoms with Crippen molar-refractivity contribution in [2.24, 2.45) is 0 Å². The van der Waals surface area contributed by atoms with Gasteiger partial charge in [0.1, 0.15) is 17.5 Å². The molecule has 2 rings (SSSR count). The first-order valence-corrected chi connectivity index (χ1v) is 5.84. The van der Waals surface area contributed by atoms with Gasteiger partial charge in [-0.25, -0.2) is 13.2 Å². The summed E-state index contributed by atoms with van der Waals surface area (Å²) in [7, 11) is 0. The third-order valence-electron chi connectivity index (χ3n) is 2.84. The molecular formula is C14H13F3N2. The molecule has 2 nitrogen and oxygen atoms in total. The van der Waals surface area contributed by atoms with Gasteiger partial charge in [-0.15, -0.1) is 0 Å². The predicted molar refractivity (Wildman–Crippen MR) is 65.8 cm³/mol. The zero-order chi connectivity index (χ0) is 13.8. The van der Waals surface area contributed by atoms with E-state index < -0.39 is 17.5 Å². The largest absolute Gasteiger partial charge is 0.306 e. The molecule has 0 aliphatic rings. The highest BCUT2D eigenvalue weighted by Gasteiger charge is 2.09. The fourth-order valence-electron chi connectivity index (χ4n) is 1.71. The summed E-state index contributed by atoms with van der Waals surface area (Å²) >= 11 is 0. The molecule has 0 radical (unpaired) electrons. The predicted octanol–water partition coefficient (Wildman–Crippen LogP) is 3.35. The molecule has 0 amide bonds. The molecule has 1 aromatic heterocycles. The average molecular weight is 266 g/mol. The second-order valence-electron chi connectivity index (χ2n) is 4.27. The van der Waals surface area contributed by atoms with Crippen LogP contribution in [0.3, 0.4) is 0 Å². The first-order valence-electron chi connectivity index (χ1n) is 5.84. The van der Waals surface area contributed by atoms with E-state index in [0.717, 1.165) is 12.3 Å². The van der Waals surface area contributed by atoms with Gasteiger partial charge in [-0.05, 0) is 24.6 Å². The van der Waals surface area contributed by atoms with E-state index in [2.05, 4.69) is 10.3 Å². The third-order valence-corrected chi connectivity index (χ3v) is 2.84. The Bertz CT molecular complexity index is 572. The molecule has 1 heterocycles. The molecule has 5 heteroatoms. The maximum Gasteiger partial charge on any atom is 0.141 e. The summed E-state index contributed by atoms with van der Waals surface area (Å²) in [6.45, 7) is 2.04. The number of rotatable bonds is 4. The lowest BCUT2D eigenvalue weighted by atomic mass is 10.1. The van der Waals surface area contributed by atoms with Gasteiger partial charge in [0, 0.05) is 30.4 Å². The van der Waals surface area contributed by atoms with Crippen molar-refractivity contribution < 1.29 is 13.2 Å². The summed E-state index contributed by atoms with van der Waals surface area (Å²) < 4.78 is 39.2. The lowest BCUT2D eigenvalue weighted by molar-refractivity contribution is 0.529. The minimum atomic E-state index is -0.608. The number of halogens is 3. The van der Waals surface area contributed by atoms with Crippen molar-refractivity contribution in [2.45, 2.75) is 19.5 Å². The van der Waals surface area contributed by atoms with Crippen molar-refractivity contribution in [3.63, 3.8) is 0 Å². The first kappa shape index (κ1) is 13.5. The molecule has 1 atom stereocenters. The van der Waals surface area contributed by atoms with E-state index in [-0.39, 0.29) is 12.6 Å². The molecule has 19 heavy (non-hydrogen) atoms. The molecule has 0 saturated carbocycles.